The Labute approximate surface area is 139 Å². The van der Waals surface area contributed by atoms with Crippen molar-refractivity contribution in [1.29, 1.82) is 0 Å². The van der Waals surface area contributed by atoms with Crippen LogP contribution in [-0.2, 0) is 14.8 Å². The van der Waals surface area contributed by atoms with E-state index in [0.29, 0.717) is 16.5 Å². The number of anilines is 1. The fourth-order valence-corrected chi connectivity index (χ4v) is 2.97. The fourth-order valence-electron chi connectivity index (χ4n) is 1.74. The molecule has 0 atom stereocenters. The summed E-state index contributed by atoms with van der Waals surface area (Å²) in [6.45, 7) is 1.55. The van der Waals surface area contributed by atoms with Gasteiger partial charge in [0.1, 0.15) is 5.75 Å². The first-order valence-electron chi connectivity index (χ1n) is 6.58. The maximum atomic E-state index is 12.3. The number of carbonyl (C=O) groups is 1. The minimum Gasteiger partial charge on any atom is -0.484 e. The highest BCUT2D eigenvalue weighted by atomic mass is 35.5. The maximum Gasteiger partial charge on any atom is 0.261 e. The van der Waals surface area contributed by atoms with Gasteiger partial charge in [0.05, 0.1) is 10.6 Å². The van der Waals surface area contributed by atoms with Crippen molar-refractivity contribution in [3.63, 3.8) is 0 Å². The van der Waals surface area contributed by atoms with E-state index in [9.17, 15) is 13.2 Å². The number of amides is 1. The number of hydrogen-bond acceptors (Lipinski definition) is 4. The number of halogens is 1. The Kier molecular flexibility index (Phi) is 5.12. The van der Waals surface area contributed by atoms with Crippen LogP contribution < -0.4 is 15.2 Å². The van der Waals surface area contributed by atoms with Crippen LogP contribution in [-0.4, -0.2) is 20.9 Å². The van der Waals surface area contributed by atoms with Crippen LogP contribution >= 0.6 is 11.6 Å². The molecule has 2 rings (SSSR count). The first kappa shape index (κ1) is 17.1. The number of nitrogens with one attached hydrogen (secondary N) is 1. The Bertz CT molecular complexity index is 820. The molecule has 6 nitrogen and oxygen atoms in total. The SMILES string of the molecule is Cc1ccc(NS(=O)(=O)c2ccc(OCC(N)=O)cc2)cc1Cl. The third-order valence-corrected chi connectivity index (χ3v) is 4.74. The van der Waals surface area contributed by atoms with Gasteiger partial charge in [-0.2, -0.15) is 0 Å². The number of sulfonamides is 1. The predicted molar refractivity (Wildman–Crippen MR) is 88.1 cm³/mol. The number of rotatable bonds is 6. The van der Waals surface area contributed by atoms with Gasteiger partial charge in [-0.15, -0.1) is 0 Å². The summed E-state index contributed by atoms with van der Waals surface area (Å²) in [6, 6.07) is 10.5. The highest BCUT2D eigenvalue weighted by Gasteiger charge is 2.14. The molecule has 0 radical (unpaired) electrons. The van der Waals surface area contributed by atoms with Crippen molar-refractivity contribution < 1.29 is 17.9 Å². The van der Waals surface area contributed by atoms with Crippen molar-refractivity contribution in [2.75, 3.05) is 11.3 Å². The predicted octanol–water partition coefficient (Wildman–Crippen LogP) is 2.31. The number of primary amides is 1. The van der Waals surface area contributed by atoms with Gasteiger partial charge in [0.25, 0.3) is 15.9 Å². The number of hydrogen-bond donors (Lipinski definition) is 2. The van der Waals surface area contributed by atoms with E-state index in [1.54, 1.807) is 18.2 Å². The summed E-state index contributed by atoms with van der Waals surface area (Å²) in [7, 11) is -3.75. The van der Waals surface area contributed by atoms with Crippen LogP contribution in [0.4, 0.5) is 5.69 Å². The zero-order chi connectivity index (χ0) is 17.0. The minimum atomic E-state index is -3.75. The topological polar surface area (TPSA) is 98.5 Å². The van der Waals surface area contributed by atoms with Crippen LogP contribution in [0, 0.1) is 6.92 Å². The highest BCUT2D eigenvalue weighted by molar-refractivity contribution is 7.92. The van der Waals surface area contributed by atoms with Gasteiger partial charge < -0.3 is 10.5 Å². The number of nitrogens with two attached hydrogens (primary N) is 1. The van der Waals surface area contributed by atoms with Gasteiger partial charge in [-0.1, -0.05) is 17.7 Å². The van der Waals surface area contributed by atoms with Crippen LogP contribution in [0.15, 0.2) is 47.4 Å². The third kappa shape index (κ3) is 4.61. The number of carbonyl (C=O) groups excluding carboxylic acids is 1. The Balaban J connectivity index is 2.15. The molecule has 0 heterocycles. The molecule has 122 valence electrons. The summed E-state index contributed by atoms with van der Waals surface area (Å²) >= 11 is 5.98. The molecule has 0 saturated heterocycles. The van der Waals surface area contributed by atoms with Crippen LogP contribution in [0.25, 0.3) is 0 Å². The number of aryl methyl sites for hydroxylation is 1. The summed E-state index contributed by atoms with van der Waals surface area (Å²) in [5, 5.41) is 0.473. The number of benzene rings is 2. The second kappa shape index (κ2) is 6.89. The van der Waals surface area contributed by atoms with E-state index in [1.807, 2.05) is 6.92 Å². The summed E-state index contributed by atoms with van der Waals surface area (Å²) in [6.07, 6.45) is 0. The lowest BCUT2D eigenvalue weighted by Crippen LogP contribution is -2.20. The van der Waals surface area contributed by atoms with Gasteiger partial charge in [-0.3, -0.25) is 9.52 Å². The molecule has 0 unspecified atom stereocenters. The molecule has 3 N–H and O–H groups in total. The van der Waals surface area contributed by atoms with Crippen LogP contribution in [0.3, 0.4) is 0 Å². The Morgan fingerprint density at radius 2 is 1.87 bits per heavy atom. The quantitative estimate of drug-likeness (QED) is 0.831. The van der Waals surface area contributed by atoms with Gasteiger partial charge in [-0.05, 0) is 48.9 Å². The van der Waals surface area contributed by atoms with Gasteiger partial charge in [0.15, 0.2) is 6.61 Å². The zero-order valence-electron chi connectivity index (χ0n) is 12.2. The van der Waals surface area contributed by atoms with E-state index in [0.717, 1.165) is 5.56 Å². The highest BCUT2D eigenvalue weighted by Crippen LogP contribution is 2.23. The molecule has 0 spiro atoms. The van der Waals surface area contributed by atoms with Crippen LogP contribution in [0.5, 0.6) is 5.75 Å². The van der Waals surface area contributed by atoms with Crippen LogP contribution in [0.2, 0.25) is 5.02 Å². The average molecular weight is 355 g/mol. The first-order chi connectivity index (χ1) is 10.8. The molecule has 0 fully saturated rings. The van der Waals surface area contributed by atoms with E-state index < -0.39 is 15.9 Å². The smallest absolute Gasteiger partial charge is 0.261 e. The van der Waals surface area contributed by atoms with E-state index in [-0.39, 0.29) is 11.5 Å². The third-order valence-electron chi connectivity index (χ3n) is 2.94. The second-order valence-corrected chi connectivity index (χ2v) is 6.89. The second-order valence-electron chi connectivity index (χ2n) is 4.80. The minimum absolute atomic E-state index is 0.0561. The molecule has 0 aliphatic heterocycles. The van der Waals surface area contributed by atoms with Gasteiger partial charge >= 0.3 is 0 Å². The molecule has 8 heteroatoms. The van der Waals surface area contributed by atoms with Gasteiger partial charge in [0.2, 0.25) is 0 Å². The normalized spacial score (nSPS) is 11.0. The molecule has 0 bridgehead atoms. The standard InChI is InChI=1S/C15H15ClN2O4S/c1-10-2-3-11(8-14(10)16)18-23(20,21)13-6-4-12(5-7-13)22-9-15(17)19/h2-8,18H,9H2,1H3,(H2,17,19). The van der Waals surface area contributed by atoms with Crippen molar-refractivity contribution in [2.45, 2.75) is 11.8 Å². The lowest BCUT2D eigenvalue weighted by Gasteiger charge is -2.10. The molecule has 0 aliphatic carbocycles. The zero-order valence-corrected chi connectivity index (χ0v) is 13.8. The Hall–Kier alpha value is -2.25. The van der Waals surface area contributed by atoms with Crippen molar-refractivity contribution in [3.8, 4) is 5.75 Å². The van der Waals surface area contributed by atoms with Crippen molar-refractivity contribution >= 4 is 33.2 Å². The van der Waals surface area contributed by atoms with Crippen LogP contribution in [0.1, 0.15) is 5.56 Å². The molecule has 2 aromatic rings. The van der Waals surface area contributed by atoms with E-state index in [1.165, 1.54) is 24.3 Å². The summed E-state index contributed by atoms with van der Waals surface area (Å²) < 4.78 is 32.1. The Morgan fingerprint density at radius 1 is 1.22 bits per heavy atom. The molecule has 23 heavy (non-hydrogen) atoms. The lowest BCUT2D eigenvalue weighted by molar-refractivity contribution is -0.119. The average Bonchev–Trinajstić information content (AvgIpc) is 2.49. The maximum absolute atomic E-state index is 12.3. The Morgan fingerprint density at radius 3 is 2.43 bits per heavy atom. The molecule has 0 aromatic heterocycles. The summed E-state index contributed by atoms with van der Waals surface area (Å²) in [5.41, 5.74) is 6.19. The molecular formula is C15H15ClN2O4S. The van der Waals surface area contributed by atoms with E-state index in [4.69, 9.17) is 22.1 Å². The molecule has 0 saturated carbocycles. The van der Waals surface area contributed by atoms with E-state index >= 15 is 0 Å². The molecule has 2 aromatic carbocycles. The molecule has 0 aliphatic rings. The van der Waals surface area contributed by atoms with Crippen molar-refractivity contribution in [2.24, 2.45) is 5.73 Å². The molecule has 1 amide bonds. The summed E-state index contributed by atoms with van der Waals surface area (Å²) in [4.78, 5) is 10.7. The largest absolute Gasteiger partial charge is 0.484 e. The van der Waals surface area contributed by atoms with Crippen molar-refractivity contribution in [3.05, 3.63) is 53.1 Å². The summed E-state index contributed by atoms with van der Waals surface area (Å²) in [5.74, 6) is -0.263. The lowest BCUT2D eigenvalue weighted by atomic mass is 10.2. The first-order valence-corrected chi connectivity index (χ1v) is 8.44. The fraction of sp³-hybridized carbons (Fsp3) is 0.133. The van der Waals surface area contributed by atoms with Gasteiger partial charge in [0, 0.05) is 5.02 Å². The van der Waals surface area contributed by atoms with E-state index in [2.05, 4.69) is 4.72 Å². The monoisotopic (exact) mass is 354 g/mol. The molecular weight excluding hydrogens is 340 g/mol. The van der Waals surface area contributed by atoms with Crippen molar-refractivity contribution in [1.82, 2.24) is 0 Å². The van der Waals surface area contributed by atoms with Gasteiger partial charge in [-0.25, -0.2) is 8.42 Å². The number of ether oxygens (including phenoxy) is 1.